The molecule has 0 bridgehead atoms. The van der Waals surface area contributed by atoms with Gasteiger partial charge in [-0.15, -0.1) is 0 Å². The van der Waals surface area contributed by atoms with Crippen LogP contribution in [-0.2, 0) is 20.8 Å². The predicted octanol–water partition coefficient (Wildman–Crippen LogP) is 1.85. The van der Waals surface area contributed by atoms with Crippen molar-refractivity contribution in [3.05, 3.63) is 59.7 Å². The number of nitrogens with zero attached hydrogens (tertiary/aromatic N) is 1. The van der Waals surface area contributed by atoms with Crippen molar-refractivity contribution < 1.29 is 19.1 Å². The molecule has 8 heteroatoms. The fourth-order valence-corrected chi connectivity index (χ4v) is 2.31. The average molecular weight is 396 g/mol. The van der Waals surface area contributed by atoms with Gasteiger partial charge in [0.1, 0.15) is 5.75 Å². The fraction of sp³-hybridized carbons (Fsp3) is 0.238. The van der Waals surface area contributed by atoms with Gasteiger partial charge in [-0.05, 0) is 48.7 Å². The van der Waals surface area contributed by atoms with Gasteiger partial charge in [-0.1, -0.05) is 31.2 Å². The summed E-state index contributed by atoms with van der Waals surface area (Å²) in [7, 11) is 0. The van der Waals surface area contributed by atoms with Crippen molar-refractivity contribution in [3.8, 4) is 5.75 Å². The average Bonchev–Trinajstić information content (AvgIpc) is 2.73. The highest BCUT2D eigenvalue weighted by Crippen LogP contribution is 2.13. The summed E-state index contributed by atoms with van der Waals surface area (Å²) in [6, 6.07) is 14.5. The van der Waals surface area contributed by atoms with Crippen LogP contribution >= 0.6 is 0 Å². The van der Waals surface area contributed by atoms with E-state index in [9.17, 15) is 14.4 Å². The van der Waals surface area contributed by atoms with Crippen molar-refractivity contribution in [3.63, 3.8) is 0 Å². The largest absolute Gasteiger partial charge is 0.484 e. The number of nitrogens with one attached hydrogen (secondary N) is 3. The molecule has 29 heavy (non-hydrogen) atoms. The number of hydrogen-bond acceptors (Lipinski definition) is 5. The number of carbonyl (C=O) groups excluding carboxylic acids is 3. The zero-order valence-corrected chi connectivity index (χ0v) is 16.4. The number of benzene rings is 2. The Balaban J connectivity index is 1.84. The molecule has 0 aromatic heterocycles. The fourth-order valence-electron chi connectivity index (χ4n) is 2.31. The highest BCUT2D eigenvalue weighted by atomic mass is 16.5. The number of hydrazone groups is 1. The lowest BCUT2D eigenvalue weighted by atomic mass is 10.1. The minimum absolute atomic E-state index is 0.149. The summed E-state index contributed by atoms with van der Waals surface area (Å²) >= 11 is 0. The Morgan fingerprint density at radius 1 is 1.03 bits per heavy atom. The molecule has 3 N–H and O–H groups in total. The van der Waals surface area contributed by atoms with Crippen molar-refractivity contribution in [2.75, 3.05) is 18.5 Å². The van der Waals surface area contributed by atoms with E-state index in [1.807, 2.05) is 24.3 Å². The van der Waals surface area contributed by atoms with E-state index in [-0.39, 0.29) is 12.5 Å². The van der Waals surface area contributed by atoms with Crippen molar-refractivity contribution >= 4 is 29.6 Å². The van der Waals surface area contributed by atoms with Gasteiger partial charge >= 0.3 is 11.8 Å². The summed E-state index contributed by atoms with van der Waals surface area (Å²) in [4.78, 5) is 34.8. The molecule has 152 valence electrons. The van der Waals surface area contributed by atoms with Gasteiger partial charge in [0.15, 0.2) is 6.61 Å². The first-order chi connectivity index (χ1) is 14.0. The van der Waals surface area contributed by atoms with E-state index < -0.39 is 11.8 Å². The molecule has 0 aliphatic rings. The molecule has 8 nitrogen and oxygen atoms in total. The van der Waals surface area contributed by atoms with E-state index in [0.29, 0.717) is 23.5 Å². The first kappa shape index (κ1) is 21.6. The molecule has 0 atom stereocenters. The van der Waals surface area contributed by atoms with Crippen LogP contribution in [0.15, 0.2) is 53.6 Å². The molecule has 0 heterocycles. The minimum atomic E-state index is -0.848. The van der Waals surface area contributed by atoms with Gasteiger partial charge in [-0.3, -0.25) is 14.4 Å². The minimum Gasteiger partial charge on any atom is -0.484 e. The molecule has 0 saturated heterocycles. The lowest BCUT2D eigenvalue weighted by molar-refractivity contribution is -0.139. The third-order valence-corrected chi connectivity index (χ3v) is 3.80. The molecular weight excluding hydrogens is 372 g/mol. The number of carbonyl (C=O) groups is 3. The zero-order valence-electron chi connectivity index (χ0n) is 16.4. The van der Waals surface area contributed by atoms with Crippen LogP contribution < -0.4 is 20.8 Å². The number of hydrogen-bond donors (Lipinski definition) is 3. The van der Waals surface area contributed by atoms with Gasteiger partial charge in [-0.2, -0.15) is 5.10 Å². The van der Waals surface area contributed by atoms with E-state index in [1.165, 1.54) is 11.8 Å². The maximum atomic E-state index is 12.0. The third kappa shape index (κ3) is 7.45. The van der Waals surface area contributed by atoms with E-state index in [0.717, 1.165) is 6.42 Å². The molecule has 0 saturated carbocycles. The SMILES string of the molecule is CCNC(=O)C(=O)N/N=C\c1cccc(OCC(=O)Nc2ccc(CC)cc2)c1. The molecule has 0 fully saturated rings. The summed E-state index contributed by atoms with van der Waals surface area (Å²) in [6.45, 7) is 3.98. The van der Waals surface area contributed by atoms with Crippen molar-refractivity contribution in [1.82, 2.24) is 10.7 Å². The smallest absolute Gasteiger partial charge is 0.329 e. The Kier molecular flexibility index (Phi) is 8.37. The summed E-state index contributed by atoms with van der Waals surface area (Å²) in [6.07, 6.45) is 2.31. The Morgan fingerprint density at radius 3 is 2.48 bits per heavy atom. The second-order valence-electron chi connectivity index (χ2n) is 6.02. The molecular formula is C21H24N4O4. The standard InChI is InChI=1S/C21H24N4O4/c1-3-15-8-10-17(11-9-15)24-19(26)14-29-18-7-5-6-16(12-18)13-23-25-21(28)20(27)22-4-2/h5-13H,3-4,14H2,1-2H3,(H,22,27)(H,24,26)(H,25,28)/b23-13-. The highest BCUT2D eigenvalue weighted by Gasteiger charge is 2.10. The lowest BCUT2D eigenvalue weighted by Gasteiger charge is -2.08. The first-order valence-corrected chi connectivity index (χ1v) is 9.24. The van der Waals surface area contributed by atoms with E-state index in [4.69, 9.17) is 4.74 Å². The summed E-state index contributed by atoms with van der Waals surface area (Å²) in [5.74, 6) is -1.40. The molecule has 0 radical (unpaired) electrons. The molecule has 2 aromatic rings. The molecule has 0 aliphatic heterocycles. The van der Waals surface area contributed by atoms with Crippen molar-refractivity contribution in [1.29, 1.82) is 0 Å². The first-order valence-electron chi connectivity index (χ1n) is 9.24. The second-order valence-corrected chi connectivity index (χ2v) is 6.02. The summed E-state index contributed by atoms with van der Waals surface area (Å²) < 4.78 is 5.50. The van der Waals surface area contributed by atoms with Crippen molar-refractivity contribution in [2.45, 2.75) is 20.3 Å². The third-order valence-electron chi connectivity index (χ3n) is 3.80. The Bertz CT molecular complexity index is 879. The van der Waals surface area contributed by atoms with Crippen LogP contribution in [-0.4, -0.2) is 37.1 Å². The monoisotopic (exact) mass is 396 g/mol. The zero-order chi connectivity index (χ0) is 21.1. The van der Waals surface area contributed by atoms with Gasteiger partial charge < -0.3 is 15.4 Å². The van der Waals surface area contributed by atoms with Gasteiger partial charge in [0, 0.05) is 12.2 Å². The molecule has 2 aromatic carbocycles. The van der Waals surface area contributed by atoms with Crippen LogP contribution in [0, 0.1) is 0 Å². The van der Waals surface area contributed by atoms with Gasteiger partial charge in [-0.25, -0.2) is 5.43 Å². The molecule has 0 spiro atoms. The predicted molar refractivity (Wildman–Crippen MR) is 111 cm³/mol. The number of amides is 3. The van der Waals surface area contributed by atoms with E-state index in [2.05, 4.69) is 28.1 Å². The number of rotatable bonds is 8. The molecule has 2 rings (SSSR count). The molecule has 0 unspecified atom stereocenters. The quantitative estimate of drug-likeness (QED) is 0.359. The van der Waals surface area contributed by atoms with E-state index >= 15 is 0 Å². The summed E-state index contributed by atoms with van der Waals surface area (Å²) in [5, 5.41) is 8.87. The van der Waals surface area contributed by atoms with Gasteiger partial charge in [0.05, 0.1) is 6.21 Å². The van der Waals surface area contributed by atoms with Crippen molar-refractivity contribution in [2.24, 2.45) is 5.10 Å². The molecule has 3 amide bonds. The molecule has 0 aliphatic carbocycles. The maximum Gasteiger partial charge on any atom is 0.329 e. The van der Waals surface area contributed by atoms with Crippen LogP contribution in [0.2, 0.25) is 0 Å². The topological polar surface area (TPSA) is 109 Å². The second kappa shape index (κ2) is 11.2. The number of anilines is 1. The summed E-state index contributed by atoms with van der Waals surface area (Å²) in [5.41, 5.74) is 4.67. The van der Waals surface area contributed by atoms with Crippen LogP contribution in [0.4, 0.5) is 5.69 Å². The number of aryl methyl sites for hydroxylation is 1. The van der Waals surface area contributed by atoms with Crippen LogP contribution in [0.3, 0.4) is 0 Å². The van der Waals surface area contributed by atoms with E-state index in [1.54, 1.807) is 31.2 Å². The Labute approximate surface area is 169 Å². The number of ether oxygens (including phenoxy) is 1. The maximum absolute atomic E-state index is 12.0. The van der Waals surface area contributed by atoms with Crippen LogP contribution in [0.25, 0.3) is 0 Å². The Morgan fingerprint density at radius 2 is 1.79 bits per heavy atom. The highest BCUT2D eigenvalue weighted by molar-refractivity contribution is 6.35. The normalized spacial score (nSPS) is 10.4. The van der Waals surface area contributed by atoms with Crippen LogP contribution in [0.5, 0.6) is 5.75 Å². The number of likely N-dealkylation sites (N-methyl/N-ethyl adjacent to an activating group) is 1. The Hall–Kier alpha value is -3.68. The van der Waals surface area contributed by atoms with Gasteiger partial charge in [0.2, 0.25) is 0 Å². The van der Waals surface area contributed by atoms with Crippen LogP contribution in [0.1, 0.15) is 25.0 Å². The van der Waals surface area contributed by atoms with Gasteiger partial charge in [0.25, 0.3) is 5.91 Å². The lowest BCUT2D eigenvalue weighted by Crippen LogP contribution is -2.37.